The maximum atomic E-state index is 13.4. The fraction of sp³-hybridized carbons (Fsp3) is 0.219. The molecule has 4 N–H and O–H groups in total. The van der Waals surface area contributed by atoms with Crippen LogP contribution in [0, 0.1) is 36.5 Å². The molecule has 4 aromatic rings. The van der Waals surface area contributed by atoms with E-state index < -0.39 is 6.04 Å². The first kappa shape index (κ1) is 28.1. The second-order valence-corrected chi connectivity index (χ2v) is 10.2. The SMILES string of the molecule is Cc1cc(C#N)cc(C)c1Oc1nc(Nc2ccc(C#N)cc2)nc2c1CN(C(=O)C(N)Cc1ccc(O)cc1)CC2. The van der Waals surface area contributed by atoms with Crippen LogP contribution in [0.5, 0.6) is 17.4 Å². The molecule has 42 heavy (non-hydrogen) atoms. The van der Waals surface area contributed by atoms with E-state index in [0.717, 1.165) is 22.4 Å². The lowest BCUT2D eigenvalue weighted by molar-refractivity contribution is -0.133. The van der Waals surface area contributed by atoms with E-state index in [1.54, 1.807) is 65.6 Å². The first-order chi connectivity index (χ1) is 20.2. The number of hydrogen-bond acceptors (Lipinski definition) is 9. The number of benzene rings is 3. The second-order valence-electron chi connectivity index (χ2n) is 10.2. The van der Waals surface area contributed by atoms with Gasteiger partial charge in [-0.3, -0.25) is 4.79 Å². The average Bonchev–Trinajstić information content (AvgIpc) is 2.99. The van der Waals surface area contributed by atoms with E-state index in [1.165, 1.54) is 0 Å². The Bertz CT molecular complexity index is 1700. The minimum absolute atomic E-state index is 0.152. The van der Waals surface area contributed by atoms with Gasteiger partial charge in [-0.15, -0.1) is 0 Å². The molecule has 0 radical (unpaired) electrons. The van der Waals surface area contributed by atoms with Crippen molar-refractivity contribution in [2.24, 2.45) is 5.73 Å². The average molecular weight is 560 g/mol. The van der Waals surface area contributed by atoms with Crippen molar-refractivity contribution in [1.82, 2.24) is 14.9 Å². The summed E-state index contributed by atoms with van der Waals surface area (Å²) in [5.41, 5.74) is 11.9. The number of fused-ring (bicyclic) bond motifs is 1. The number of aromatic nitrogens is 2. The predicted molar refractivity (Wildman–Crippen MR) is 156 cm³/mol. The minimum atomic E-state index is -0.762. The molecule has 0 saturated heterocycles. The third-order valence-corrected chi connectivity index (χ3v) is 7.10. The number of rotatable bonds is 7. The lowest BCUT2D eigenvalue weighted by atomic mass is 10.0. The van der Waals surface area contributed by atoms with Crippen molar-refractivity contribution in [1.29, 1.82) is 10.5 Å². The van der Waals surface area contributed by atoms with Crippen LogP contribution in [0.15, 0.2) is 60.7 Å². The van der Waals surface area contributed by atoms with E-state index in [9.17, 15) is 15.2 Å². The summed E-state index contributed by atoms with van der Waals surface area (Å²) in [5, 5.41) is 31.2. The number of phenols is 1. The van der Waals surface area contributed by atoms with Gasteiger partial charge in [-0.05, 0) is 85.5 Å². The molecule has 1 aliphatic heterocycles. The molecule has 1 unspecified atom stereocenters. The van der Waals surface area contributed by atoms with Gasteiger partial charge in [-0.25, -0.2) is 4.98 Å². The van der Waals surface area contributed by atoms with Crippen molar-refractivity contribution in [2.75, 3.05) is 11.9 Å². The summed E-state index contributed by atoms with van der Waals surface area (Å²) in [7, 11) is 0. The Morgan fingerprint density at radius 1 is 1.05 bits per heavy atom. The number of anilines is 2. The van der Waals surface area contributed by atoms with Gasteiger partial charge in [-0.1, -0.05) is 12.1 Å². The highest BCUT2D eigenvalue weighted by atomic mass is 16.5. The summed E-state index contributed by atoms with van der Waals surface area (Å²) in [4.78, 5) is 24.5. The number of aromatic hydroxyl groups is 1. The maximum Gasteiger partial charge on any atom is 0.240 e. The number of nitriles is 2. The van der Waals surface area contributed by atoms with Crippen LogP contribution in [0.1, 0.15) is 39.1 Å². The summed E-state index contributed by atoms with van der Waals surface area (Å²) >= 11 is 0. The molecular weight excluding hydrogens is 530 g/mol. The number of aryl methyl sites for hydroxylation is 2. The van der Waals surface area contributed by atoms with Gasteiger partial charge in [-0.2, -0.15) is 15.5 Å². The highest BCUT2D eigenvalue weighted by Crippen LogP contribution is 2.35. The molecule has 0 spiro atoms. The van der Waals surface area contributed by atoms with E-state index in [2.05, 4.69) is 17.5 Å². The number of nitrogens with one attached hydrogen (secondary N) is 1. The molecule has 0 aliphatic carbocycles. The van der Waals surface area contributed by atoms with Crippen LogP contribution in [0.25, 0.3) is 0 Å². The third kappa shape index (κ3) is 6.15. The Labute approximate surface area is 243 Å². The van der Waals surface area contributed by atoms with Crippen molar-refractivity contribution < 1.29 is 14.6 Å². The topological polar surface area (TPSA) is 161 Å². The first-order valence-corrected chi connectivity index (χ1v) is 13.4. The van der Waals surface area contributed by atoms with Gasteiger partial charge < -0.3 is 25.8 Å². The Balaban J connectivity index is 1.45. The highest BCUT2D eigenvalue weighted by molar-refractivity contribution is 5.82. The molecule has 1 atom stereocenters. The van der Waals surface area contributed by atoms with Crippen LogP contribution >= 0.6 is 0 Å². The van der Waals surface area contributed by atoms with E-state index >= 15 is 0 Å². The molecule has 10 nitrogen and oxygen atoms in total. The second kappa shape index (κ2) is 12.0. The maximum absolute atomic E-state index is 13.4. The van der Waals surface area contributed by atoms with E-state index in [1.807, 2.05) is 13.8 Å². The van der Waals surface area contributed by atoms with Crippen LogP contribution in [0.2, 0.25) is 0 Å². The van der Waals surface area contributed by atoms with Gasteiger partial charge in [0.1, 0.15) is 11.5 Å². The quantitative estimate of drug-likeness (QED) is 0.295. The van der Waals surface area contributed by atoms with Crippen molar-refractivity contribution in [3.63, 3.8) is 0 Å². The third-order valence-electron chi connectivity index (χ3n) is 7.10. The Morgan fingerprint density at radius 3 is 2.36 bits per heavy atom. The summed E-state index contributed by atoms with van der Waals surface area (Å²) in [6, 6.07) is 20.6. The van der Waals surface area contributed by atoms with Gasteiger partial charge in [0, 0.05) is 18.7 Å². The Hall–Kier alpha value is -5.45. The smallest absolute Gasteiger partial charge is 0.240 e. The molecule has 1 aliphatic rings. The molecule has 1 aromatic heterocycles. The van der Waals surface area contributed by atoms with Gasteiger partial charge in [0.15, 0.2) is 0 Å². The van der Waals surface area contributed by atoms with Crippen molar-refractivity contribution >= 4 is 17.5 Å². The van der Waals surface area contributed by atoms with E-state index in [4.69, 9.17) is 25.7 Å². The number of nitrogens with two attached hydrogens (primary N) is 1. The number of amides is 1. The lowest BCUT2D eigenvalue weighted by Gasteiger charge is -2.31. The Morgan fingerprint density at radius 2 is 1.71 bits per heavy atom. The molecule has 0 fully saturated rings. The van der Waals surface area contributed by atoms with Crippen LogP contribution < -0.4 is 15.8 Å². The highest BCUT2D eigenvalue weighted by Gasteiger charge is 2.30. The van der Waals surface area contributed by atoms with Gasteiger partial charge >= 0.3 is 0 Å². The number of ether oxygens (including phenoxy) is 1. The fourth-order valence-electron chi connectivity index (χ4n) is 4.95. The lowest BCUT2D eigenvalue weighted by Crippen LogP contribution is -2.47. The summed E-state index contributed by atoms with van der Waals surface area (Å²) in [6.07, 6.45) is 0.804. The zero-order valence-electron chi connectivity index (χ0n) is 23.3. The van der Waals surface area contributed by atoms with Crippen LogP contribution in [-0.4, -0.2) is 38.5 Å². The standard InChI is InChI=1S/C32H29N7O3/c1-19-13-23(17-34)14-20(2)29(19)42-30-26-18-39(31(41)27(35)15-21-5-9-25(40)10-6-21)12-11-28(26)37-32(38-30)36-24-7-3-22(16-33)4-8-24/h3-10,13-14,27,40H,11-12,15,18,35H2,1-2H3,(H,36,37,38). The van der Waals surface area contributed by atoms with Crippen molar-refractivity contribution in [3.8, 4) is 29.5 Å². The number of carbonyl (C=O) groups excluding carboxylic acids is 1. The normalized spacial score (nSPS) is 12.9. The molecule has 3 aromatic carbocycles. The van der Waals surface area contributed by atoms with E-state index in [-0.39, 0.29) is 18.2 Å². The van der Waals surface area contributed by atoms with Crippen molar-refractivity contribution in [3.05, 3.63) is 99.7 Å². The van der Waals surface area contributed by atoms with E-state index in [0.29, 0.717) is 59.3 Å². The van der Waals surface area contributed by atoms with Crippen LogP contribution in [0.3, 0.4) is 0 Å². The van der Waals surface area contributed by atoms with Gasteiger partial charge in [0.25, 0.3) is 0 Å². The zero-order valence-corrected chi connectivity index (χ0v) is 23.3. The number of nitrogens with zero attached hydrogens (tertiary/aromatic N) is 5. The monoisotopic (exact) mass is 559 g/mol. The first-order valence-electron chi connectivity index (χ1n) is 13.4. The molecule has 210 valence electrons. The molecule has 10 heteroatoms. The predicted octanol–water partition coefficient (Wildman–Crippen LogP) is 4.53. The Kier molecular flexibility index (Phi) is 8.00. The van der Waals surface area contributed by atoms with Gasteiger partial charge in [0.05, 0.1) is 47.1 Å². The molecule has 0 saturated carbocycles. The van der Waals surface area contributed by atoms with Crippen LogP contribution in [-0.2, 0) is 24.2 Å². The largest absolute Gasteiger partial charge is 0.508 e. The fourth-order valence-corrected chi connectivity index (χ4v) is 4.95. The summed E-state index contributed by atoms with van der Waals surface area (Å²) < 4.78 is 6.41. The molecule has 5 rings (SSSR count). The summed E-state index contributed by atoms with van der Waals surface area (Å²) in [5.74, 6) is 1.15. The number of phenolic OH excluding ortho intramolecular Hbond substituents is 1. The zero-order chi connectivity index (χ0) is 29.8. The van der Waals surface area contributed by atoms with Crippen LogP contribution in [0.4, 0.5) is 11.6 Å². The summed E-state index contributed by atoms with van der Waals surface area (Å²) in [6.45, 7) is 4.38. The minimum Gasteiger partial charge on any atom is -0.508 e. The van der Waals surface area contributed by atoms with Gasteiger partial charge in [0.2, 0.25) is 17.7 Å². The number of hydrogen-bond donors (Lipinski definition) is 3. The molecule has 2 heterocycles. The molecule has 1 amide bonds. The molecule has 0 bridgehead atoms. The van der Waals surface area contributed by atoms with Crippen molar-refractivity contribution in [2.45, 2.75) is 39.3 Å². The number of carbonyl (C=O) groups is 1. The molecular formula is C32H29N7O3.